The SMILES string of the molecule is CC(CCC(C)(O)P(=O)(O)O)C(=O)O. The monoisotopic (exact) mass is 226 g/mol. The fourth-order valence-corrected chi connectivity index (χ4v) is 1.18. The summed E-state index contributed by atoms with van der Waals surface area (Å²) < 4.78 is 10.7. The van der Waals surface area contributed by atoms with Crippen LogP contribution in [0.4, 0.5) is 0 Å². The van der Waals surface area contributed by atoms with Gasteiger partial charge in [0.1, 0.15) is 0 Å². The fourth-order valence-electron chi connectivity index (χ4n) is 0.759. The lowest BCUT2D eigenvalue weighted by atomic mass is 10.0. The zero-order valence-electron chi connectivity index (χ0n) is 8.04. The number of carbonyl (C=O) groups is 1. The van der Waals surface area contributed by atoms with Crippen LogP contribution in [0.5, 0.6) is 0 Å². The third-order valence-corrected chi connectivity index (χ3v) is 3.58. The highest BCUT2D eigenvalue weighted by Gasteiger charge is 2.40. The molecule has 14 heavy (non-hydrogen) atoms. The van der Waals surface area contributed by atoms with Gasteiger partial charge in [-0.2, -0.15) is 0 Å². The van der Waals surface area contributed by atoms with Gasteiger partial charge in [-0.3, -0.25) is 9.36 Å². The molecule has 0 rings (SSSR count). The predicted molar refractivity (Wildman–Crippen MR) is 48.7 cm³/mol. The summed E-state index contributed by atoms with van der Waals surface area (Å²) in [4.78, 5) is 27.8. The van der Waals surface area contributed by atoms with Gasteiger partial charge in [0, 0.05) is 0 Å². The molecule has 0 aromatic rings. The van der Waals surface area contributed by atoms with Crippen LogP contribution in [0, 0.1) is 5.92 Å². The van der Waals surface area contributed by atoms with Crippen molar-refractivity contribution in [2.75, 3.05) is 0 Å². The summed E-state index contributed by atoms with van der Waals surface area (Å²) in [6.45, 7) is 2.42. The van der Waals surface area contributed by atoms with Crippen LogP contribution in [-0.2, 0) is 9.36 Å². The van der Waals surface area contributed by atoms with Gasteiger partial charge in [0.05, 0.1) is 5.92 Å². The normalized spacial score (nSPS) is 18.6. The topological polar surface area (TPSA) is 115 Å². The lowest BCUT2D eigenvalue weighted by Gasteiger charge is -2.24. The molecule has 0 saturated heterocycles. The number of aliphatic hydroxyl groups is 1. The minimum atomic E-state index is -4.59. The molecule has 0 heterocycles. The summed E-state index contributed by atoms with van der Waals surface area (Å²) in [5.41, 5.74) is 0. The molecule has 0 saturated carbocycles. The van der Waals surface area contributed by atoms with E-state index in [0.29, 0.717) is 0 Å². The first kappa shape index (κ1) is 13.6. The Kier molecular flexibility index (Phi) is 4.27. The maximum Gasteiger partial charge on any atom is 0.356 e. The Hall–Kier alpha value is -0.420. The highest BCUT2D eigenvalue weighted by atomic mass is 31.2. The third kappa shape index (κ3) is 3.75. The summed E-state index contributed by atoms with van der Waals surface area (Å²) in [6.07, 6.45) is -0.224. The van der Waals surface area contributed by atoms with Crippen LogP contribution in [0.2, 0.25) is 0 Å². The van der Waals surface area contributed by atoms with Gasteiger partial charge in [-0.15, -0.1) is 0 Å². The average Bonchev–Trinajstić information content (AvgIpc) is 1.97. The third-order valence-electron chi connectivity index (χ3n) is 2.10. The molecule has 2 atom stereocenters. The molecule has 0 fully saturated rings. The Morgan fingerprint density at radius 3 is 2.21 bits per heavy atom. The van der Waals surface area contributed by atoms with Crippen LogP contribution >= 0.6 is 7.60 Å². The molecule has 6 nitrogen and oxygen atoms in total. The van der Waals surface area contributed by atoms with E-state index < -0.39 is 24.8 Å². The number of hydrogen-bond donors (Lipinski definition) is 4. The van der Waals surface area contributed by atoms with E-state index in [1.165, 1.54) is 6.92 Å². The minimum Gasteiger partial charge on any atom is -0.481 e. The van der Waals surface area contributed by atoms with E-state index in [9.17, 15) is 14.5 Å². The Morgan fingerprint density at radius 1 is 1.50 bits per heavy atom. The van der Waals surface area contributed by atoms with Crippen molar-refractivity contribution in [2.45, 2.75) is 32.0 Å². The first-order chi connectivity index (χ1) is 6.08. The highest BCUT2D eigenvalue weighted by molar-refractivity contribution is 7.53. The zero-order valence-corrected chi connectivity index (χ0v) is 8.94. The van der Waals surface area contributed by atoms with Crippen LogP contribution in [0.25, 0.3) is 0 Å². The van der Waals surface area contributed by atoms with Gasteiger partial charge in [-0.1, -0.05) is 6.92 Å². The van der Waals surface area contributed by atoms with E-state index in [1.807, 2.05) is 0 Å². The molecule has 0 aromatic carbocycles. The van der Waals surface area contributed by atoms with E-state index in [-0.39, 0.29) is 12.8 Å². The van der Waals surface area contributed by atoms with Crippen molar-refractivity contribution in [3.05, 3.63) is 0 Å². The molecular weight excluding hydrogens is 211 g/mol. The molecule has 2 unspecified atom stereocenters. The number of aliphatic carboxylic acids is 1. The van der Waals surface area contributed by atoms with E-state index in [4.69, 9.17) is 14.9 Å². The summed E-state index contributed by atoms with van der Waals surface area (Å²) in [6, 6.07) is 0. The summed E-state index contributed by atoms with van der Waals surface area (Å²) in [5.74, 6) is -1.78. The standard InChI is InChI=1S/C7H15O6P/c1-5(6(8)9)3-4-7(2,10)14(11,12)13/h5,10H,3-4H2,1-2H3,(H,8,9)(H2,11,12,13). The molecule has 0 radical (unpaired) electrons. The Labute approximate surface area is 81.7 Å². The Bertz CT molecular complexity index is 255. The van der Waals surface area contributed by atoms with Gasteiger partial charge in [0.15, 0.2) is 5.34 Å². The highest BCUT2D eigenvalue weighted by Crippen LogP contribution is 2.51. The van der Waals surface area contributed by atoms with E-state index >= 15 is 0 Å². The second-order valence-corrected chi connectivity index (χ2v) is 5.59. The van der Waals surface area contributed by atoms with E-state index in [2.05, 4.69) is 0 Å². The predicted octanol–water partition coefficient (Wildman–Crippen LogP) is 0.373. The molecule has 7 heteroatoms. The van der Waals surface area contributed by atoms with Gasteiger partial charge in [0.2, 0.25) is 0 Å². The first-order valence-electron chi connectivity index (χ1n) is 4.09. The van der Waals surface area contributed by atoms with Crippen molar-refractivity contribution in [2.24, 2.45) is 5.92 Å². The molecule has 0 aromatic heterocycles. The number of hydrogen-bond acceptors (Lipinski definition) is 3. The first-order valence-corrected chi connectivity index (χ1v) is 5.70. The molecule has 0 amide bonds. The van der Waals surface area contributed by atoms with E-state index in [1.54, 1.807) is 0 Å². The zero-order chi connectivity index (χ0) is 11.6. The van der Waals surface area contributed by atoms with Crippen LogP contribution in [-0.4, -0.2) is 31.3 Å². The van der Waals surface area contributed by atoms with Gasteiger partial charge in [-0.25, -0.2) is 0 Å². The molecule has 0 bridgehead atoms. The van der Waals surface area contributed by atoms with Crippen LogP contribution < -0.4 is 0 Å². The molecule has 4 N–H and O–H groups in total. The quantitative estimate of drug-likeness (QED) is 0.503. The van der Waals surface area contributed by atoms with E-state index in [0.717, 1.165) is 6.92 Å². The van der Waals surface area contributed by atoms with Gasteiger partial charge in [-0.05, 0) is 19.8 Å². The van der Waals surface area contributed by atoms with Crippen molar-refractivity contribution in [1.29, 1.82) is 0 Å². The molecule has 0 aliphatic heterocycles. The number of carboxylic acid groups (broad SMARTS) is 1. The largest absolute Gasteiger partial charge is 0.481 e. The lowest BCUT2D eigenvalue weighted by molar-refractivity contribution is -0.141. The maximum absolute atomic E-state index is 10.7. The summed E-state index contributed by atoms with van der Waals surface area (Å²) >= 11 is 0. The van der Waals surface area contributed by atoms with Gasteiger partial charge < -0.3 is 20.0 Å². The maximum atomic E-state index is 10.7. The van der Waals surface area contributed by atoms with Crippen molar-refractivity contribution in [1.82, 2.24) is 0 Å². The average molecular weight is 226 g/mol. The van der Waals surface area contributed by atoms with Crippen LogP contribution in [0.15, 0.2) is 0 Å². The number of rotatable bonds is 5. The smallest absolute Gasteiger partial charge is 0.356 e. The van der Waals surface area contributed by atoms with Crippen LogP contribution in [0.1, 0.15) is 26.7 Å². The Balaban J connectivity index is 4.27. The number of carboxylic acids is 1. The second kappa shape index (κ2) is 4.40. The van der Waals surface area contributed by atoms with Crippen LogP contribution in [0.3, 0.4) is 0 Å². The Morgan fingerprint density at radius 2 is 1.93 bits per heavy atom. The van der Waals surface area contributed by atoms with Gasteiger partial charge >= 0.3 is 13.6 Å². The molecule has 0 aliphatic rings. The molecular formula is C7H15O6P. The van der Waals surface area contributed by atoms with Crippen molar-refractivity contribution in [3.63, 3.8) is 0 Å². The van der Waals surface area contributed by atoms with Crippen molar-refractivity contribution < 1.29 is 29.4 Å². The fraction of sp³-hybridized carbons (Fsp3) is 0.857. The summed E-state index contributed by atoms with van der Waals surface area (Å²) in [5, 5.41) is 15.7. The molecule has 0 spiro atoms. The van der Waals surface area contributed by atoms with Crippen molar-refractivity contribution in [3.8, 4) is 0 Å². The molecule has 84 valence electrons. The van der Waals surface area contributed by atoms with Crippen molar-refractivity contribution >= 4 is 13.6 Å². The summed E-state index contributed by atoms with van der Waals surface area (Å²) in [7, 11) is -4.59. The second-order valence-electron chi connectivity index (χ2n) is 3.54. The minimum absolute atomic E-state index is 0.0213. The molecule has 0 aliphatic carbocycles. The lowest BCUT2D eigenvalue weighted by Crippen LogP contribution is -2.25. The van der Waals surface area contributed by atoms with Gasteiger partial charge in [0.25, 0.3) is 0 Å².